The maximum atomic E-state index is 5.57. The summed E-state index contributed by atoms with van der Waals surface area (Å²) >= 11 is 0. The molecule has 1 aliphatic heterocycles. The predicted molar refractivity (Wildman–Crippen MR) is 90.2 cm³/mol. The number of methoxy groups -OCH3 is 3. The van der Waals surface area contributed by atoms with Gasteiger partial charge in [0.15, 0.2) is 6.29 Å². The average Bonchev–Trinajstić information content (AvgIpc) is 3.40. The van der Waals surface area contributed by atoms with Gasteiger partial charge in [-0.15, -0.1) is 0 Å². The summed E-state index contributed by atoms with van der Waals surface area (Å²) in [6.07, 6.45) is 10.7. The lowest BCUT2D eigenvalue weighted by molar-refractivity contribution is -0.380. The molecule has 1 aliphatic rings. The maximum Gasteiger partial charge on any atom is 0.285 e. The quantitative estimate of drug-likeness (QED) is 0.242. The van der Waals surface area contributed by atoms with Crippen LogP contribution in [0.5, 0.6) is 0 Å². The van der Waals surface area contributed by atoms with E-state index < -0.39 is 5.97 Å². The largest absolute Gasteiger partial charge is 0.350 e. The molecule has 138 valence electrons. The standard InChI is InChI=1S/C18H36O5/c1-5-6-7-8-9-10-12-16(18(19-2,20-3)21-4)13-11-14-22-17-15-23-17/h16-17H,5-15H2,1-4H3. The van der Waals surface area contributed by atoms with Crippen LogP contribution in [0, 0.1) is 5.92 Å². The molecule has 0 aromatic rings. The number of hydrogen-bond donors (Lipinski definition) is 0. The topological polar surface area (TPSA) is 49.5 Å². The van der Waals surface area contributed by atoms with Gasteiger partial charge in [0.25, 0.3) is 5.97 Å². The first kappa shape index (κ1) is 20.8. The minimum atomic E-state index is -0.945. The normalized spacial score (nSPS) is 19.0. The third-order valence-corrected chi connectivity index (χ3v) is 4.56. The van der Waals surface area contributed by atoms with Gasteiger partial charge in [-0.3, -0.25) is 0 Å². The van der Waals surface area contributed by atoms with Crippen LogP contribution in [-0.2, 0) is 23.7 Å². The Bertz CT molecular complexity index is 268. The highest BCUT2D eigenvalue weighted by molar-refractivity contribution is 4.72. The zero-order valence-electron chi connectivity index (χ0n) is 15.5. The number of ether oxygens (including phenoxy) is 5. The van der Waals surface area contributed by atoms with E-state index in [-0.39, 0.29) is 12.2 Å². The van der Waals surface area contributed by atoms with Gasteiger partial charge in [0, 0.05) is 33.9 Å². The van der Waals surface area contributed by atoms with E-state index in [0.717, 1.165) is 25.9 Å². The zero-order chi connectivity index (χ0) is 17.0. The number of unbranched alkanes of at least 4 members (excludes halogenated alkanes) is 5. The maximum absolute atomic E-state index is 5.57. The van der Waals surface area contributed by atoms with Gasteiger partial charge in [0.2, 0.25) is 0 Å². The van der Waals surface area contributed by atoms with E-state index >= 15 is 0 Å². The smallest absolute Gasteiger partial charge is 0.285 e. The lowest BCUT2D eigenvalue weighted by Gasteiger charge is -2.36. The predicted octanol–water partition coefficient (Wildman–Crippen LogP) is 4.10. The van der Waals surface area contributed by atoms with Gasteiger partial charge in [0.1, 0.15) is 6.61 Å². The van der Waals surface area contributed by atoms with Crippen molar-refractivity contribution in [1.82, 2.24) is 0 Å². The van der Waals surface area contributed by atoms with Crippen molar-refractivity contribution in [3.8, 4) is 0 Å². The summed E-state index contributed by atoms with van der Waals surface area (Å²) in [6.45, 7) is 3.69. The third-order valence-electron chi connectivity index (χ3n) is 4.56. The molecule has 1 saturated heterocycles. The lowest BCUT2D eigenvalue weighted by Crippen LogP contribution is -2.44. The molecule has 23 heavy (non-hydrogen) atoms. The molecular weight excluding hydrogens is 296 g/mol. The highest BCUT2D eigenvalue weighted by Crippen LogP contribution is 2.32. The molecule has 1 heterocycles. The van der Waals surface area contributed by atoms with Crippen molar-refractivity contribution in [2.75, 3.05) is 34.5 Å². The van der Waals surface area contributed by atoms with Crippen LogP contribution >= 0.6 is 0 Å². The highest BCUT2D eigenvalue weighted by atomic mass is 16.9. The first-order valence-electron chi connectivity index (χ1n) is 9.11. The molecular formula is C18H36O5. The van der Waals surface area contributed by atoms with Crippen LogP contribution in [0.25, 0.3) is 0 Å². The van der Waals surface area contributed by atoms with Gasteiger partial charge < -0.3 is 23.7 Å². The summed E-state index contributed by atoms with van der Waals surface area (Å²) in [5, 5.41) is 0. The second-order valence-corrected chi connectivity index (χ2v) is 6.25. The monoisotopic (exact) mass is 332 g/mol. The Balaban J connectivity index is 2.35. The molecule has 0 aliphatic carbocycles. The second kappa shape index (κ2) is 12.2. The second-order valence-electron chi connectivity index (χ2n) is 6.25. The van der Waals surface area contributed by atoms with Crippen LogP contribution in [0.3, 0.4) is 0 Å². The Morgan fingerprint density at radius 2 is 1.48 bits per heavy atom. The van der Waals surface area contributed by atoms with Crippen LogP contribution in [-0.4, -0.2) is 46.8 Å². The molecule has 0 bridgehead atoms. The van der Waals surface area contributed by atoms with E-state index in [1.54, 1.807) is 21.3 Å². The Morgan fingerprint density at radius 1 is 0.913 bits per heavy atom. The Labute approximate surface area is 142 Å². The van der Waals surface area contributed by atoms with Crippen molar-refractivity contribution >= 4 is 0 Å². The van der Waals surface area contributed by atoms with Gasteiger partial charge in [-0.05, 0) is 19.3 Å². The SMILES string of the molecule is CCCCCCCCC(CCCOC1CO1)C(OC)(OC)OC. The van der Waals surface area contributed by atoms with Crippen molar-refractivity contribution < 1.29 is 23.7 Å². The van der Waals surface area contributed by atoms with Crippen LogP contribution in [0.15, 0.2) is 0 Å². The number of epoxide rings is 1. The molecule has 0 amide bonds. The van der Waals surface area contributed by atoms with Crippen LogP contribution in [0.2, 0.25) is 0 Å². The minimum absolute atomic E-state index is 0.0315. The Hall–Kier alpha value is -0.200. The molecule has 1 rings (SSSR count). The molecule has 0 radical (unpaired) electrons. The van der Waals surface area contributed by atoms with Gasteiger partial charge in [-0.1, -0.05) is 45.4 Å². The van der Waals surface area contributed by atoms with Gasteiger partial charge in [-0.25, -0.2) is 0 Å². The van der Waals surface area contributed by atoms with Crippen molar-refractivity contribution in [1.29, 1.82) is 0 Å². The van der Waals surface area contributed by atoms with Crippen LogP contribution in [0.4, 0.5) is 0 Å². The zero-order valence-corrected chi connectivity index (χ0v) is 15.5. The van der Waals surface area contributed by atoms with Crippen molar-refractivity contribution in [3.05, 3.63) is 0 Å². The lowest BCUT2D eigenvalue weighted by atomic mass is 9.93. The molecule has 1 fully saturated rings. The molecule has 2 unspecified atom stereocenters. The number of hydrogen-bond acceptors (Lipinski definition) is 5. The Kier molecular flexibility index (Phi) is 11.1. The molecule has 2 atom stereocenters. The van der Waals surface area contributed by atoms with Crippen molar-refractivity contribution in [3.63, 3.8) is 0 Å². The average molecular weight is 332 g/mol. The fourth-order valence-electron chi connectivity index (χ4n) is 3.10. The molecule has 0 aromatic carbocycles. The number of rotatable bonds is 16. The van der Waals surface area contributed by atoms with Crippen LogP contribution in [0.1, 0.15) is 64.7 Å². The van der Waals surface area contributed by atoms with Gasteiger partial charge in [-0.2, -0.15) is 0 Å². The fourth-order valence-corrected chi connectivity index (χ4v) is 3.10. The highest BCUT2D eigenvalue weighted by Gasteiger charge is 2.39. The fraction of sp³-hybridized carbons (Fsp3) is 1.00. The summed E-state index contributed by atoms with van der Waals surface area (Å²) < 4.78 is 27.3. The summed E-state index contributed by atoms with van der Waals surface area (Å²) in [5.74, 6) is -0.739. The molecule has 0 aromatic heterocycles. The van der Waals surface area contributed by atoms with Crippen LogP contribution < -0.4 is 0 Å². The van der Waals surface area contributed by atoms with E-state index in [9.17, 15) is 0 Å². The summed E-state index contributed by atoms with van der Waals surface area (Å²) in [6, 6.07) is 0. The third kappa shape index (κ3) is 7.94. The van der Waals surface area contributed by atoms with E-state index in [1.165, 1.54) is 38.5 Å². The van der Waals surface area contributed by atoms with E-state index in [0.29, 0.717) is 6.61 Å². The van der Waals surface area contributed by atoms with Gasteiger partial charge in [0.05, 0.1) is 0 Å². The molecule has 0 saturated carbocycles. The van der Waals surface area contributed by atoms with E-state index in [1.807, 2.05) is 0 Å². The molecule has 5 heteroatoms. The van der Waals surface area contributed by atoms with Crippen molar-refractivity contribution in [2.24, 2.45) is 5.92 Å². The minimum Gasteiger partial charge on any atom is -0.350 e. The Morgan fingerprint density at radius 3 is 2.04 bits per heavy atom. The van der Waals surface area contributed by atoms with E-state index in [2.05, 4.69) is 6.92 Å². The molecule has 0 spiro atoms. The summed E-state index contributed by atoms with van der Waals surface area (Å²) in [7, 11) is 4.95. The summed E-state index contributed by atoms with van der Waals surface area (Å²) in [4.78, 5) is 0. The molecule has 0 N–H and O–H groups in total. The van der Waals surface area contributed by atoms with Gasteiger partial charge >= 0.3 is 0 Å². The molecule has 5 nitrogen and oxygen atoms in total. The first-order chi connectivity index (χ1) is 11.2. The van der Waals surface area contributed by atoms with E-state index in [4.69, 9.17) is 23.7 Å². The summed E-state index contributed by atoms with van der Waals surface area (Å²) in [5.41, 5.74) is 0. The first-order valence-corrected chi connectivity index (χ1v) is 9.11. The van der Waals surface area contributed by atoms with Crippen molar-refractivity contribution in [2.45, 2.75) is 77.0 Å².